The quantitative estimate of drug-likeness (QED) is 0.0933. The molecule has 0 atom stereocenters. The van der Waals surface area contributed by atoms with Gasteiger partial charge in [-0.05, 0) is 98.2 Å². The lowest BCUT2D eigenvalue weighted by Gasteiger charge is -2.24. The number of imidazole rings is 1. The van der Waals surface area contributed by atoms with E-state index in [4.69, 9.17) is 23.2 Å². The van der Waals surface area contributed by atoms with Gasteiger partial charge >= 0.3 is 0 Å². The van der Waals surface area contributed by atoms with Crippen LogP contribution in [0.4, 0.5) is 0 Å². The van der Waals surface area contributed by atoms with E-state index < -0.39 is 0 Å². The molecule has 1 heterocycles. The van der Waals surface area contributed by atoms with Crippen LogP contribution in [0.5, 0.6) is 0 Å². The first-order valence-electron chi connectivity index (χ1n) is 19.6. The van der Waals surface area contributed by atoms with Crippen molar-refractivity contribution in [3.05, 3.63) is 75.3 Å². The van der Waals surface area contributed by atoms with Gasteiger partial charge in [0.1, 0.15) is 11.4 Å². The van der Waals surface area contributed by atoms with E-state index in [0.29, 0.717) is 34.0 Å². The summed E-state index contributed by atoms with van der Waals surface area (Å²) in [5.74, 6) is 1.98. The summed E-state index contributed by atoms with van der Waals surface area (Å²) in [7, 11) is 0. The first kappa shape index (κ1) is 39.7. The molecule has 0 saturated carbocycles. The molecule has 0 amide bonds. The molecule has 0 fully saturated rings. The maximum Gasteiger partial charge on any atom is 0.260 e. The van der Waals surface area contributed by atoms with E-state index in [2.05, 4.69) is 107 Å². The van der Waals surface area contributed by atoms with Gasteiger partial charge in [-0.2, -0.15) is 9.13 Å². The third kappa shape index (κ3) is 9.69. The fourth-order valence-corrected chi connectivity index (χ4v) is 8.81. The molecule has 0 aliphatic rings. The van der Waals surface area contributed by atoms with Crippen LogP contribution < -0.4 is 4.57 Å². The van der Waals surface area contributed by atoms with Crippen molar-refractivity contribution < 1.29 is 4.57 Å². The Balaban J connectivity index is 2.46. The summed E-state index contributed by atoms with van der Waals surface area (Å²) in [6, 6.07) is 14.2. The number of nitrogens with zero attached hydrogens (tertiary/aromatic N) is 2. The van der Waals surface area contributed by atoms with Gasteiger partial charge in [-0.15, -0.1) is 0 Å². The Hall–Kier alpha value is -1.77. The van der Waals surface area contributed by atoms with Crippen molar-refractivity contribution in [1.82, 2.24) is 4.57 Å². The Morgan fingerprint density at radius 3 is 1.11 bits per heavy atom. The highest BCUT2D eigenvalue weighted by Crippen LogP contribution is 2.42. The summed E-state index contributed by atoms with van der Waals surface area (Å²) in [5.41, 5.74) is 8.30. The lowest BCUT2D eigenvalue weighted by Crippen LogP contribution is -2.34. The second-order valence-corrected chi connectivity index (χ2v) is 14.8. The molecular formula is C43H67Cl2N2+. The van der Waals surface area contributed by atoms with Crippen molar-refractivity contribution in [2.24, 2.45) is 0 Å². The summed E-state index contributed by atoms with van der Waals surface area (Å²) in [6.45, 7) is 18.6. The fourth-order valence-electron chi connectivity index (χ4n) is 8.37. The maximum atomic E-state index is 7.48. The highest BCUT2D eigenvalue weighted by atomic mass is 35.5. The topological polar surface area (TPSA) is 8.81 Å². The Morgan fingerprint density at radius 1 is 0.489 bits per heavy atom. The van der Waals surface area contributed by atoms with Gasteiger partial charge < -0.3 is 0 Å². The summed E-state index contributed by atoms with van der Waals surface area (Å²) in [6.07, 6.45) is 21.1. The van der Waals surface area contributed by atoms with E-state index in [0.717, 1.165) is 0 Å². The maximum absolute atomic E-state index is 7.48. The van der Waals surface area contributed by atoms with Crippen LogP contribution in [0, 0.1) is 0 Å². The number of para-hydroxylation sites is 2. The zero-order chi connectivity index (χ0) is 34.3. The normalized spacial score (nSPS) is 12.0. The second-order valence-electron chi connectivity index (χ2n) is 14.1. The Bertz CT molecular complexity index is 1150. The minimum absolute atomic E-state index is 0.495. The van der Waals surface area contributed by atoms with E-state index >= 15 is 0 Å². The molecule has 0 aliphatic carbocycles. The first-order chi connectivity index (χ1) is 22.9. The Kier molecular flexibility index (Phi) is 17.4. The van der Waals surface area contributed by atoms with Crippen molar-refractivity contribution in [3.63, 3.8) is 0 Å². The molecule has 0 spiro atoms. The van der Waals surface area contributed by atoms with Crippen LogP contribution in [0.3, 0.4) is 0 Å². The van der Waals surface area contributed by atoms with E-state index in [-0.39, 0.29) is 0 Å². The van der Waals surface area contributed by atoms with E-state index in [9.17, 15) is 0 Å². The Labute approximate surface area is 299 Å². The molecule has 0 unspecified atom stereocenters. The summed E-state index contributed by atoms with van der Waals surface area (Å²) in [4.78, 5) is 0. The molecule has 0 saturated heterocycles. The van der Waals surface area contributed by atoms with Crippen LogP contribution in [0.1, 0.15) is 204 Å². The van der Waals surface area contributed by atoms with Crippen LogP contribution in [-0.2, 0) is 0 Å². The van der Waals surface area contributed by atoms with Crippen LogP contribution in [0.15, 0.2) is 42.7 Å². The third-order valence-electron chi connectivity index (χ3n) is 10.4. The van der Waals surface area contributed by atoms with Crippen molar-refractivity contribution in [2.75, 3.05) is 0 Å². The van der Waals surface area contributed by atoms with Gasteiger partial charge in [-0.25, -0.2) is 0 Å². The third-order valence-corrected chi connectivity index (χ3v) is 11.2. The van der Waals surface area contributed by atoms with Crippen molar-refractivity contribution in [2.45, 2.75) is 182 Å². The molecular weight excluding hydrogens is 615 g/mol. The minimum atomic E-state index is 0.495. The zero-order valence-electron chi connectivity index (χ0n) is 31.3. The minimum Gasteiger partial charge on any atom is -0.183 e. The smallest absolute Gasteiger partial charge is 0.183 e. The summed E-state index contributed by atoms with van der Waals surface area (Å²) >= 11 is 15.0. The first-order valence-corrected chi connectivity index (χ1v) is 20.4. The largest absolute Gasteiger partial charge is 0.260 e. The van der Waals surface area contributed by atoms with Crippen LogP contribution in [0.25, 0.3) is 11.4 Å². The van der Waals surface area contributed by atoms with Gasteiger partial charge in [0.05, 0.1) is 0 Å². The zero-order valence-corrected chi connectivity index (χ0v) is 32.8. The molecule has 4 heteroatoms. The lowest BCUT2D eigenvalue weighted by molar-refractivity contribution is -0.593. The van der Waals surface area contributed by atoms with Gasteiger partial charge in [0.2, 0.25) is 0 Å². The predicted octanol–water partition coefficient (Wildman–Crippen LogP) is 14.8. The van der Waals surface area contributed by atoms with Gasteiger partial charge in [-0.1, -0.05) is 143 Å². The van der Waals surface area contributed by atoms with Crippen molar-refractivity contribution in [3.8, 4) is 11.4 Å². The summed E-state index contributed by atoms with van der Waals surface area (Å²) < 4.78 is 4.57. The molecule has 1 aromatic heterocycles. The van der Waals surface area contributed by atoms with Crippen LogP contribution in [-0.4, -0.2) is 4.57 Å². The molecule has 3 aromatic rings. The molecule has 2 nitrogen and oxygen atoms in total. The van der Waals surface area contributed by atoms with Gasteiger partial charge in [-0.3, -0.25) is 0 Å². The van der Waals surface area contributed by atoms with Gasteiger partial charge in [0, 0.05) is 22.3 Å². The Morgan fingerprint density at radius 2 is 0.787 bits per heavy atom. The number of hydrogen-bond donors (Lipinski definition) is 0. The molecule has 47 heavy (non-hydrogen) atoms. The van der Waals surface area contributed by atoms with E-state index in [1.807, 2.05) is 0 Å². The molecule has 2 aromatic carbocycles. The van der Waals surface area contributed by atoms with Crippen molar-refractivity contribution in [1.29, 1.82) is 0 Å². The highest BCUT2D eigenvalue weighted by Gasteiger charge is 2.34. The molecule has 262 valence electrons. The molecule has 0 radical (unpaired) electrons. The lowest BCUT2D eigenvalue weighted by atomic mass is 9.83. The molecule has 0 N–H and O–H groups in total. The predicted molar refractivity (Wildman–Crippen MR) is 208 cm³/mol. The molecule has 3 rings (SSSR count). The average molecular weight is 683 g/mol. The number of rotatable bonds is 22. The number of hydrogen-bond acceptors (Lipinski definition) is 0. The average Bonchev–Trinajstić information content (AvgIpc) is 3.36. The summed E-state index contributed by atoms with van der Waals surface area (Å²) in [5, 5.41) is 1.26. The number of aromatic nitrogens is 2. The number of halogens is 2. The number of benzene rings is 2. The monoisotopic (exact) mass is 681 g/mol. The standard InChI is InChI=1S/C43H67Cl2N2/c1-9-19-32(20-10-2)36-27-17-28-37(33(21-11-3)22-12-4)40(36)46-31-47(43(45)42(46)44)41-38(34(23-13-5)24-14-6)29-18-30-39(41)35(25-15-7)26-16-8/h17-18,27-35H,9-16,19-26H2,1-8H3/q+1. The van der Waals surface area contributed by atoms with Crippen LogP contribution >= 0.6 is 23.2 Å². The second kappa shape index (κ2) is 20.7. The van der Waals surface area contributed by atoms with Gasteiger partial charge in [0.25, 0.3) is 16.6 Å². The van der Waals surface area contributed by atoms with Gasteiger partial charge in [0.15, 0.2) is 0 Å². The van der Waals surface area contributed by atoms with E-state index in [1.54, 1.807) is 0 Å². The van der Waals surface area contributed by atoms with Crippen molar-refractivity contribution >= 4 is 23.2 Å². The molecule has 0 aliphatic heterocycles. The van der Waals surface area contributed by atoms with Crippen LogP contribution in [0.2, 0.25) is 10.3 Å². The SMILES string of the molecule is CCCC(CCC)c1cccc(C(CCC)CCC)c1-n1c[n+](-c2c(C(CCC)CCC)cccc2C(CCC)CCC)c(Cl)c1Cl. The highest BCUT2D eigenvalue weighted by molar-refractivity contribution is 6.40. The van der Waals surface area contributed by atoms with E-state index in [1.165, 1.54) is 136 Å². The fraction of sp³-hybridized carbons (Fsp3) is 0.651. The molecule has 0 bridgehead atoms.